The van der Waals surface area contributed by atoms with Crippen LogP contribution in [0, 0.1) is 0 Å². The summed E-state index contributed by atoms with van der Waals surface area (Å²) in [6, 6.07) is 6.68. The molecule has 312 valence electrons. The second-order valence-electron chi connectivity index (χ2n) is 15.7. The van der Waals surface area contributed by atoms with E-state index in [9.17, 15) is 26.4 Å². The maximum Gasteiger partial charge on any atom is 0.333 e. The normalized spacial score (nSPS) is 15.1. The molecular formula is C40H54N10O6S2. The number of isocyanates is 1. The number of aryl methyl sites for hydroxylation is 4. The van der Waals surface area contributed by atoms with Crippen molar-refractivity contribution in [3.8, 4) is 0 Å². The van der Waals surface area contributed by atoms with E-state index in [1.54, 1.807) is 27.8 Å². The van der Waals surface area contributed by atoms with Gasteiger partial charge in [-0.2, -0.15) is 23.6 Å². The van der Waals surface area contributed by atoms with Crippen molar-refractivity contribution in [3.05, 3.63) is 81.2 Å². The molecule has 0 atom stereocenters. The number of carbonyl (C=O) groups is 1. The molecule has 0 aliphatic heterocycles. The molecule has 0 saturated carbocycles. The molecule has 0 unspecified atom stereocenters. The number of benzene rings is 2. The van der Waals surface area contributed by atoms with E-state index in [4.69, 9.17) is 5.14 Å². The lowest BCUT2D eigenvalue weighted by Crippen LogP contribution is -2.35. The SMILES string of the molecule is CN(C)CCn1ccc(S(=O)(=O)NC(=O)Nc2c3c(cc4c2CCC4)CCC3)n1.CN(C)CCn1ccc(S(N)(=O)=O)n1.O=C=Nc1c2c(cc3c1CCC3)CCC2. The Balaban J connectivity index is 0.000000164. The van der Waals surface area contributed by atoms with E-state index in [0.717, 1.165) is 99.8 Å². The maximum absolute atomic E-state index is 12.6. The standard InChI is InChI=1S/C20H27N5O3S.C13H13NO.C7H14N4O2S/c1-24(2)11-12-25-10-9-18(22-25)29(27,28)23-20(26)21-19-16-7-3-5-14(16)13-15-6-4-8-17(15)19;15-8-14-13-11-5-1-3-9(11)7-10-4-2-6-12(10)13;1-10(2)5-6-11-4-3-7(9-11)14(8,12)13/h9-10,13H,3-8,11-12H2,1-2H3,(H2,21,23,26);7H,1-6H2;3-4H,5-6H2,1-2H3,(H2,8,12,13). The Labute approximate surface area is 341 Å². The van der Waals surface area contributed by atoms with Gasteiger partial charge in [-0.05, 0) is 162 Å². The van der Waals surface area contributed by atoms with Crippen molar-refractivity contribution < 1.29 is 26.4 Å². The molecule has 0 saturated heterocycles. The fraction of sp³-hybridized carbons (Fsp3) is 0.500. The molecule has 2 aromatic carbocycles. The van der Waals surface area contributed by atoms with E-state index >= 15 is 0 Å². The molecule has 4 aromatic rings. The monoisotopic (exact) mass is 834 g/mol. The molecule has 4 N–H and O–H groups in total. The Bertz CT molecular complexity index is 2350. The molecule has 2 aromatic heterocycles. The molecule has 2 amide bonds. The number of nitrogens with two attached hydrogens (primary N) is 1. The van der Waals surface area contributed by atoms with Gasteiger partial charge in [0.15, 0.2) is 10.1 Å². The van der Waals surface area contributed by atoms with Gasteiger partial charge in [-0.1, -0.05) is 12.1 Å². The summed E-state index contributed by atoms with van der Waals surface area (Å²) in [5.74, 6) is 0. The first kappa shape index (κ1) is 42.9. The zero-order valence-electron chi connectivity index (χ0n) is 33.8. The number of fused-ring (bicyclic) bond motifs is 4. The van der Waals surface area contributed by atoms with Crippen molar-refractivity contribution >= 4 is 43.5 Å². The van der Waals surface area contributed by atoms with Crippen LogP contribution in [0.2, 0.25) is 0 Å². The van der Waals surface area contributed by atoms with E-state index in [2.05, 4.69) is 37.4 Å². The number of urea groups is 1. The van der Waals surface area contributed by atoms with Crippen LogP contribution in [0.5, 0.6) is 0 Å². The minimum Gasteiger partial charge on any atom is -0.308 e. The number of hydrogen-bond acceptors (Lipinski definition) is 11. The molecule has 4 aliphatic carbocycles. The number of nitrogens with one attached hydrogen (secondary N) is 2. The molecule has 0 spiro atoms. The summed E-state index contributed by atoms with van der Waals surface area (Å²) in [4.78, 5) is 31.0. The maximum atomic E-state index is 12.6. The van der Waals surface area contributed by atoms with Crippen LogP contribution in [0.1, 0.15) is 70.2 Å². The third-order valence-electron chi connectivity index (χ3n) is 10.9. The van der Waals surface area contributed by atoms with E-state index < -0.39 is 26.1 Å². The molecule has 2 heterocycles. The molecule has 4 aliphatic rings. The highest BCUT2D eigenvalue weighted by Gasteiger charge is 2.27. The lowest BCUT2D eigenvalue weighted by atomic mass is 9.99. The summed E-state index contributed by atoms with van der Waals surface area (Å²) < 4.78 is 52.2. The van der Waals surface area contributed by atoms with E-state index in [1.165, 1.54) is 58.4 Å². The van der Waals surface area contributed by atoms with Gasteiger partial charge >= 0.3 is 6.03 Å². The zero-order chi connectivity index (χ0) is 41.6. The molecule has 0 bridgehead atoms. The van der Waals surface area contributed by atoms with Crippen molar-refractivity contribution in [3.63, 3.8) is 0 Å². The van der Waals surface area contributed by atoms with Crippen molar-refractivity contribution in [1.29, 1.82) is 0 Å². The number of aromatic nitrogens is 4. The van der Waals surface area contributed by atoms with Crippen LogP contribution in [0.4, 0.5) is 16.2 Å². The minimum absolute atomic E-state index is 0.0868. The third-order valence-corrected chi connectivity index (χ3v) is 12.9. The summed E-state index contributed by atoms with van der Waals surface area (Å²) in [5.41, 5.74) is 12.1. The Morgan fingerprint density at radius 3 is 1.59 bits per heavy atom. The van der Waals surface area contributed by atoms with Crippen LogP contribution in [0.3, 0.4) is 0 Å². The van der Waals surface area contributed by atoms with E-state index in [-0.39, 0.29) is 10.1 Å². The molecular weight excluding hydrogens is 781 g/mol. The molecule has 58 heavy (non-hydrogen) atoms. The number of aliphatic imine (C=N–C) groups is 1. The number of rotatable bonds is 11. The van der Waals surface area contributed by atoms with Crippen LogP contribution in [0.25, 0.3) is 0 Å². The lowest BCUT2D eigenvalue weighted by Gasteiger charge is -2.16. The first-order valence-corrected chi connectivity index (χ1v) is 22.8. The Hall–Kier alpha value is -4.71. The van der Waals surface area contributed by atoms with Crippen LogP contribution in [-0.4, -0.2) is 99.6 Å². The van der Waals surface area contributed by atoms with Gasteiger partial charge in [0.1, 0.15) is 0 Å². The first-order chi connectivity index (χ1) is 27.6. The van der Waals surface area contributed by atoms with Gasteiger partial charge in [-0.25, -0.2) is 27.9 Å². The smallest absolute Gasteiger partial charge is 0.308 e. The number of sulfonamides is 2. The van der Waals surface area contributed by atoms with Gasteiger partial charge in [-0.15, -0.1) is 0 Å². The minimum atomic E-state index is -4.03. The number of amides is 2. The lowest BCUT2D eigenvalue weighted by molar-refractivity contribution is 0.256. The van der Waals surface area contributed by atoms with Crippen molar-refractivity contribution in [1.82, 2.24) is 34.1 Å². The third kappa shape index (κ3) is 10.5. The Kier molecular flexibility index (Phi) is 13.7. The summed E-state index contributed by atoms with van der Waals surface area (Å²) in [5, 5.41) is 15.4. The second-order valence-corrected chi connectivity index (χ2v) is 18.8. The first-order valence-electron chi connectivity index (χ1n) is 19.8. The largest absolute Gasteiger partial charge is 0.333 e. The average Bonchev–Trinajstić information content (AvgIpc) is 4.00. The van der Waals surface area contributed by atoms with Crippen LogP contribution in [-0.2, 0) is 89.3 Å². The van der Waals surface area contributed by atoms with E-state index in [0.29, 0.717) is 13.1 Å². The van der Waals surface area contributed by atoms with Gasteiger partial charge in [0.2, 0.25) is 6.08 Å². The number of nitrogens with zero attached hydrogens (tertiary/aromatic N) is 7. The number of anilines is 1. The van der Waals surface area contributed by atoms with Crippen LogP contribution < -0.4 is 15.2 Å². The average molecular weight is 835 g/mol. The quantitative estimate of drug-likeness (QED) is 0.148. The number of carbonyl (C=O) groups excluding carboxylic acids is 2. The van der Waals surface area contributed by atoms with Gasteiger partial charge in [0.25, 0.3) is 20.0 Å². The highest BCUT2D eigenvalue weighted by Crippen LogP contribution is 2.40. The zero-order valence-corrected chi connectivity index (χ0v) is 35.4. The topological polar surface area (TPSA) is 207 Å². The predicted molar refractivity (Wildman–Crippen MR) is 221 cm³/mol. The van der Waals surface area contributed by atoms with Gasteiger partial charge in [0, 0.05) is 31.2 Å². The summed E-state index contributed by atoms with van der Waals surface area (Å²) in [6.45, 7) is 2.74. The van der Waals surface area contributed by atoms with Crippen LogP contribution in [0.15, 0.2) is 51.7 Å². The summed E-state index contributed by atoms with van der Waals surface area (Å²) in [6.07, 6.45) is 17.8. The van der Waals surface area contributed by atoms with Gasteiger partial charge < -0.3 is 15.1 Å². The Morgan fingerprint density at radius 1 is 0.724 bits per heavy atom. The molecule has 18 heteroatoms. The highest BCUT2D eigenvalue weighted by atomic mass is 32.2. The van der Waals surface area contributed by atoms with Crippen LogP contribution >= 0.6 is 0 Å². The Morgan fingerprint density at radius 2 is 1.16 bits per heavy atom. The van der Waals surface area contributed by atoms with Crippen molar-refractivity contribution in [2.45, 2.75) is 100 Å². The molecule has 0 radical (unpaired) electrons. The van der Waals surface area contributed by atoms with E-state index in [1.807, 2.05) is 38.0 Å². The van der Waals surface area contributed by atoms with Crippen molar-refractivity contribution in [2.24, 2.45) is 10.1 Å². The number of likely N-dealkylation sites (N-methyl/N-ethyl adjacent to an activating group) is 2. The molecule has 8 rings (SSSR count). The fourth-order valence-corrected chi connectivity index (χ4v) is 9.40. The second kappa shape index (κ2) is 18.5. The molecule has 0 fully saturated rings. The number of primary sulfonamides is 1. The number of hydrogen-bond donors (Lipinski definition) is 3. The predicted octanol–water partition coefficient (Wildman–Crippen LogP) is 3.66. The fourth-order valence-electron chi connectivity index (χ4n) is 8.08. The summed E-state index contributed by atoms with van der Waals surface area (Å²) in [7, 11) is 0.0394. The highest BCUT2D eigenvalue weighted by molar-refractivity contribution is 7.90. The molecule has 16 nitrogen and oxygen atoms in total. The van der Waals surface area contributed by atoms with Gasteiger partial charge in [-0.3, -0.25) is 9.36 Å². The van der Waals surface area contributed by atoms with Gasteiger partial charge in [0.05, 0.1) is 18.8 Å². The van der Waals surface area contributed by atoms with Crippen molar-refractivity contribution in [2.75, 3.05) is 46.6 Å². The summed E-state index contributed by atoms with van der Waals surface area (Å²) >= 11 is 0.